The van der Waals surface area contributed by atoms with Crippen molar-refractivity contribution in [2.24, 2.45) is 5.16 Å². The average Bonchev–Trinajstić information content (AvgIpc) is 2.77. The second-order valence-electron chi connectivity index (χ2n) is 7.66. The zero-order chi connectivity index (χ0) is 23.1. The van der Waals surface area contributed by atoms with E-state index in [0.717, 1.165) is 21.2 Å². The molecule has 1 unspecified atom stereocenters. The molecule has 1 aromatic heterocycles. The number of aliphatic carboxylic acids is 1. The summed E-state index contributed by atoms with van der Waals surface area (Å²) < 4.78 is 2.44. The monoisotopic (exact) mass is 496 g/mol. The van der Waals surface area contributed by atoms with Crippen molar-refractivity contribution in [2.45, 2.75) is 38.6 Å². The van der Waals surface area contributed by atoms with Gasteiger partial charge in [-0.15, -0.1) is 0 Å². The van der Waals surface area contributed by atoms with E-state index >= 15 is 0 Å². The number of oxime groups is 1. The van der Waals surface area contributed by atoms with E-state index in [1.54, 1.807) is 12.3 Å². The van der Waals surface area contributed by atoms with Crippen molar-refractivity contribution in [2.75, 3.05) is 0 Å². The van der Waals surface area contributed by atoms with Crippen molar-refractivity contribution in [3.05, 3.63) is 104 Å². The number of pyridine rings is 1. The Morgan fingerprint density at radius 2 is 1.81 bits per heavy atom. The van der Waals surface area contributed by atoms with E-state index in [9.17, 15) is 14.8 Å². The van der Waals surface area contributed by atoms with E-state index in [1.807, 2.05) is 36.4 Å². The third kappa shape index (κ3) is 5.95. The van der Waals surface area contributed by atoms with Crippen molar-refractivity contribution in [1.82, 2.24) is 4.57 Å². The van der Waals surface area contributed by atoms with Crippen LogP contribution >= 0.6 is 15.9 Å². The van der Waals surface area contributed by atoms with Crippen molar-refractivity contribution in [3.8, 4) is 0 Å². The van der Waals surface area contributed by atoms with Gasteiger partial charge in [0.15, 0.2) is 0 Å². The van der Waals surface area contributed by atoms with Crippen LogP contribution in [0.25, 0.3) is 0 Å². The number of aryl methyl sites for hydroxylation is 2. The first kappa shape index (κ1) is 23.5. The quantitative estimate of drug-likeness (QED) is 0.242. The summed E-state index contributed by atoms with van der Waals surface area (Å²) in [5.41, 5.74) is 4.20. The van der Waals surface area contributed by atoms with E-state index < -0.39 is 5.97 Å². The van der Waals surface area contributed by atoms with Crippen molar-refractivity contribution in [3.63, 3.8) is 0 Å². The van der Waals surface area contributed by atoms with Crippen molar-refractivity contribution < 1.29 is 15.1 Å². The third-order valence-electron chi connectivity index (χ3n) is 5.46. The van der Waals surface area contributed by atoms with Gasteiger partial charge in [0, 0.05) is 47.6 Å². The first-order valence-corrected chi connectivity index (χ1v) is 11.1. The van der Waals surface area contributed by atoms with Gasteiger partial charge in [0.25, 0.3) is 5.56 Å². The van der Waals surface area contributed by atoms with Crippen LogP contribution in [-0.4, -0.2) is 26.6 Å². The number of hydrogen-bond donors (Lipinski definition) is 2. The molecular weight excluding hydrogens is 472 g/mol. The van der Waals surface area contributed by atoms with Crippen molar-refractivity contribution in [1.29, 1.82) is 0 Å². The minimum absolute atomic E-state index is 0.0173. The largest absolute Gasteiger partial charge is 0.481 e. The van der Waals surface area contributed by atoms with Gasteiger partial charge in [-0.3, -0.25) is 9.59 Å². The number of carbonyl (C=O) groups is 1. The SMILES string of the molecule is Cc1ccccc1C(CC(=NO)c1ccc(=O)n(CCCC(=O)O)c1)c1ccc(Br)cc1. The highest BCUT2D eigenvalue weighted by atomic mass is 79.9. The Morgan fingerprint density at radius 3 is 2.47 bits per heavy atom. The molecule has 7 heteroatoms. The van der Waals surface area contributed by atoms with E-state index in [1.165, 1.54) is 10.6 Å². The molecule has 0 bridgehead atoms. The van der Waals surface area contributed by atoms with Crippen LogP contribution < -0.4 is 5.56 Å². The fourth-order valence-corrected chi connectivity index (χ4v) is 4.03. The summed E-state index contributed by atoms with van der Waals surface area (Å²) >= 11 is 3.48. The minimum atomic E-state index is -0.901. The van der Waals surface area contributed by atoms with E-state index in [4.69, 9.17) is 5.11 Å². The van der Waals surface area contributed by atoms with Gasteiger partial charge in [-0.05, 0) is 48.2 Å². The molecule has 0 fully saturated rings. The fourth-order valence-electron chi connectivity index (χ4n) is 3.77. The Bertz CT molecular complexity index is 1170. The molecule has 1 heterocycles. The summed E-state index contributed by atoms with van der Waals surface area (Å²) in [5, 5.41) is 22.3. The van der Waals surface area contributed by atoms with Crippen LogP contribution in [0.15, 0.2) is 81.3 Å². The molecule has 0 aliphatic heterocycles. The number of hydrogen-bond acceptors (Lipinski definition) is 4. The molecule has 0 aliphatic carbocycles. The van der Waals surface area contributed by atoms with Crippen LogP contribution in [0.1, 0.15) is 47.4 Å². The molecule has 32 heavy (non-hydrogen) atoms. The second-order valence-corrected chi connectivity index (χ2v) is 8.57. The molecule has 2 aromatic carbocycles. The summed E-state index contributed by atoms with van der Waals surface area (Å²) in [6.07, 6.45) is 2.39. The Balaban J connectivity index is 1.94. The van der Waals surface area contributed by atoms with E-state index in [-0.39, 0.29) is 24.4 Å². The lowest BCUT2D eigenvalue weighted by molar-refractivity contribution is -0.137. The zero-order valence-corrected chi connectivity index (χ0v) is 19.3. The summed E-state index contributed by atoms with van der Waals surface area (Å²) in [5.74, 6) is -0.954. The maximum absolute atomic E-state index is 12.2. The molecule has 0 spiro atoms. The van der Waals surface area contributed by atoms with E-state index in [0.29, 0.717) is 24.1 Å². The van der Waals surface area contributed by atoms with Crippen LogP contribution in [0, 0.1) is 6.92 Å². The molecule has 0 radical (unpaired) electrons. The lowest BCUT2D eigenvalue weighted by Gasteiger charge is -2.21. The number of benzene rings is 2. The third-order valence-corrected chi connectivity index (χ3v) is 5.99. The standard InChI is InChI=1S/C25H25BrN2O4/c1-17-5-2-3-6-21(17)22(18-8-11-20(26)12-9-18)15-23(27-32)19-10-13-24(29)28(16-19)14-4-7-25(30)31/h2-3,5-6,8-13,16,22,32H,4,7,14-15H2,1H3,(H,30,31). The molecule has 6 nitrogen and oxygen atoms in total. The normalized spacial score (nSPS) is 12.5. The Labute approximate surface area is 195 Å². The number of aromatic nitrogens is 1. The van der Waals surface area contributed by atoms with Crippen LogP contribution in [0.4, 0.5) is 0 Å². The predicted molar refractivity (Wildman–Crippen MR) is 128 cm³/mol. The molecule has 1 atom stereocenters. The summed E-state index contributed by atoms with van der Waals surface area (Å²) in [4.78, 5) is 23.0. The maximum Gasteiger partial charge on any atom is 0.303 e. The molecule has 3 rings (SSSR count). The molecule has 0 saturated carbocycles. The van der Waals surface area contributed by atoms with Gasteiger partial charge < -0.3 is 14.9 Å². The Morgan fingerprint density at radius 1 is 1.09 bits per heavy atom. The summed E-state index contributed by atoms with van der Waals surface area (Å²) in [7, 11) is 0. The Kier molecular flexibility index (Phi) is 8.00. The topological polar surface area (TPSA) is 91.9 Å². The van der Waals surface area contributed by atoms with Gasteiger partial charge in [-0.2, -0.15) is 0 Å². The molecule has 0 saturated heterocycles. The molecular formula is C25H25BrN2O4. The van der Waals surface area contributed by atoms with Gasteiger partial charge in [-0.25, -0.2) is 0 Å². The summed E-state index contributed by atoms with van der Waals surface area (Å²) in [6.45, 7) is 2.34. The lowest BCUT2D eigenvalue weighted by atomic mass is 9.83. The number of halogens is 1. The zero-order valence-electron chi connectivity index (χ0n) is 17.7. The molecule has 166 valence electrons. The van der Waals surface area contributed by atoms with E-state index in [2.05, 4.69) is 40.1 Å². The summed E-state index contributed by atoms with van der Waals surface area (Å²) in [6, 6.07) is 19.2. The number of carboxylic acids is 1. The predicted octanol–water partition coefficient (Wildman–Crippen LogP) is 5.18. The highest BCUT2D eigenvalue weighted by Crippen LogP contribution is 2.32. The smallest absolute Gasteiger partial charge is 0.303 e. The van der Waals surface area contributed by atoms with Gasteiger partial charge in [0.05, 0.1) is 5.71 Å². The minimum Gasteiger partial charge on any atom is -0.481 e. The van der Waals surface area contributed by atoms with Gasteiger partial charge in [0.1, 0.15) is 0 Å². The van der Waals surface area contributed by atoms with Crippen LogP contribution in [0.2, 0.25) is 0 Å². The molecule has 2 N–H and O–H groups in total. The fraction of sp³-hybridized carbons (Fsp3) is 0.240. The molecule has 0 amide bonds. The van der Waals surface area contributed by atoms with Gasteiger partial charge >= 0.3 is 5.97 Å². The van der Waals surface area contributed by atoms with Crippen LogP contribution in [0.3, 0.4) is 0 Å². The van der Waals surface area contributed by atoms with Gasteiger partial charge in [0.2, 0.25) is 0 Å². The number of carboxylic acid groups (broad SMARTS) is 1. The van der Waals surface area contributed by atoms with Crippen LogP contribution in [0.5, 0.6) is 0 Å². The number of nitrogens with zero attached hydrogens (tertiary/aromatic N) is 2. The average molecular weight is 497 g/mol. The lowest BCUT2D eigenvalue weighted by Crippen LogP contribution is -2.21. The first-order valence-electron chi connectivity index (χ1n) is 10.3. The highest BCUT2D eigenvalue weighted by Gasteiger charge is 2.20. The molecule has 0 aliphatic rings. The Hall–Kier alpha value is -3.19. The highest BCUT2D eigenvalue weighted by molar-refractivity contribution is 9.10. The molecule has 3 aromatic rings. The first-order chi connectivity index (χ1) is 15.4. The maximum atomic E-state index is 12.2. The van der Waals surface area contributed by atoms with Gasteiger partial charge in [-0.1, -0.05) is 57.5 Å². The van der Waals surface area contributed by atoms with Crippen LogP contribution in [-0.2, 0) is 11.3 Å². The number of rotatable bonds is 9. The van der Waals surface area contributed by atoms with Crippen molar-refractivity contribution >= 4 is 27.6 Å². The second kappa shape index (κ2) is 10.9.